The number of alkyl halides is 3. The van der Waals surface area contributed by atoms with Gasteiger partial charge in [0.25, 0.3) is 6.43 Å². The molecule has 0 saturated heterocycles. The first-order chi connectivity index (χ1) is 12.3. The topological polar surface area (TPSA) is 38.3 Å². The third-order valence-electron chi connectivity index (χ3n) is 3.59. The van der Waals surface area contributed by atoms with E-state index in [1.54, 1.807) is 24.3 Å². The summed E-state index contributed by atoms with van der Waals surface area (Å²) >= 11 is 0.337. The smallest absolute Gasteiger partial charge is 0.338 e. The van der Waals surface area contributed by atoms with E-state index >= 15 is 0 Å². The van der Waals surface area contributed by atoms with Crippen molar-refractivity contribution in [3.63, 3.8) is 0 Å². The molecule has 2 rings (SSSR count). The molecule has 0 saturated carbocycles. The Balaban J connectivity index is 2.21. The fraction of sp³-hybridized carbons (Fsp3) is 0.278. The molecule has 1 unspecified atom stereocenters. The van der Waals surface area contributed by atoms with Gasteiger partial charge in [-0.1, -0.05) is 30.0 Å². The van der Waals surface area contributed by atoms with Crippen LogP contribution in [-0.4, -0.2) is 25.0 Å². The number of ether oxygens (including phenoxy) is 1. The van der Waals surface area contributed by atoms with E-state index in [0.717, 1.165) is 6.07 Å². The van der Waals surface area contributed by atoms with E-state index in [4.69, 9.17) is 4.74 Å². The number of carbonyl (C=O) groups excluding carboxylic acids is 1. The van der Waals surface area contributed by atoms with Gasteiger partial charge in [-0.25, -0.2) is 22.4 Å². The van der Waals surface area contributed by atoms with Crippen LogP contribution in [0.1, 0.15) is 21.5 Å². The average molecular weight is 387 g/mol. The molecule has 3 nitrogen and oxygen atoms in total. The molecule has 0 heterocycles. The maximum absolute atomic E-state index is 14.1. The van der Waals surface area contributed by atoms with Crippen LogP contribution in [0.2, 0.25) is 0 Å². The zero-order valence-electron chi connectivity index (χ0n) is 14.1. The van der Waals surface area contributed by atoms with Crippen LogP contribution in [-0.2, 0) is 11.3 Å². The Morgan fingerprint density at radius 2 is 1.92 bits per heavy atom. The number of nitrogens with one attached hydrogen (secondary N) is 1. The van der Waals surface area contributed by atoms with Gasteiger partial charge in [0.1, 0.15) is 5.82 Å². The summed E-state index contributed by atoms with van der Waals surface area (Å²) in [4.78, 5) is 12.0. The van der Waals surface area contributed by atoms with Crippen molar-refractivity contribution in [2.75, 3.05) is 12.4 Å². The lowest BCUT2D eigenvalue weighted by molar-refractivity contribution is 0.0599. The van der Waals surface area contributed by atoms with Crippen LogP contribution in [0.25, 0.3) is 0 Å². The molecule has 1 N–H and O–H groups in total. The molecular formula is C18H17F4NO2S. The molecule has 0 bridgehead atoms. The zero-order valence-corrected chi connectivity index (χ0v) is 14.9. The molecule has 0 aliphatic carbocycles. The molecule has 0 fully saturated rings. The van der Waals surface area contributed by atoms with E-state index in [1.165, 1.54) is 20.1 Å². The molecule has 8 heteroatoms. The molecule has 1 atom stereocenters. The van der Waals surface area contributed by atoms with Gasteiger partial charge in [0.15, 0.2) is 0 Å². The highest BCUT2D eigenvalue weighted by atomic mass is 32.2. The molecule has 0 amide bonds. The van der Waals surface area contributed by atoms with Crippen LogP contribution in [0.5, 0.6) is 0 Å². The van der Waals surface area contributed by atoms with Crippen LogP contribution in [0, 0.1) is 12.7 Å². The summed E-state index contributed by atoms with van der Waals surface area (Å²) in [5.41, 5.74) is -1.11. The van der Waals surface area contributed by atoms with Gasteiger partial charge < -0.3 is 10.1 Å². The van der Waals surface area contributed by atoms with Crippen molar-refractivity contribution in [1.29, 1.82) is 0 Å². The largest absolute Gasteiger partial charge is 0.465 e. The number of hydrogen-bond donors (Lipinski definition) is 1. The second-order valence-corrected chi connectivity index (χ2v) is 6.53. The lowest BCUT2D eigenvalue weighted by Crippen LogP contribution is -2.10. The first-order valence-corrected chi connectivity index (χ1v) is 8.50. The minimum absolute atomic E-state index is 0.0271. The Bertz CT molecular complexity index is 786. The number of methoxy groups -OCH3 is 1. The highest BCUT2D eigenvalue weighted by Crippen LogP contribution is 2.34. The zero-order chi connectivity index (χ0) is 19.3. The van der Waals surface area contributed by atoms with Gasteiger partial charge in [-0.2, -0.15) is 0 Å². The number of carbonyl (C=O) groups is 1. The molecular weight excluding hydrogens is 370 g/mol. The Morgan fingerprint density at radius 3 is 2.58 bits per heavy atom. The van der Waals surface area contributed by atoms with E-state index in [1.807, 2.05) is 0 Å². The van der Waals surface area contributed by atoms with E-state index in [9.17, 15) is 22.4 Å². The Morgan fingerprint density at radius 1 is 1.23 bits per heavy atom. The molecule has 140 valence electrons. The summed E-state index contributed by atoms with van der Waals surface area (Å²) in [7, 11) is 1.26. The summed E-state index contributed by atoms with van der Waals surface area (Å²) in [5.74, 6) is -1.13. The summed E-state index contributed by atoms with van der Waals surface area (Å²) < 4.78 is 57.0. The van der Waals surface area contributed by atoms with Crippen LogP contribution < -0.4 is 5.32 Å². The van der Waals surface area contributed by atoms with Crippen molar-refractivity contribution in [2.24, 2.45) is 0 Å². The molecule has 0 radical (unpaired) electrons. The second kappa shape index (κ2) is 8.93. The fourth-order valence-corrected chi connectivity index (χ4v) is 3.04. The predicted molar refractivity (Wildman–Crippen MR) is 93.0 cm³/mol. The molecule has 0 spiro atoms. The third-order valence-corrected chi connectivity index (χ3v) is 4.72. The number of rotatable bonds is 7. The monoisotopic (exact) mass is 387 g/mol. The van der Waals surface area contributed by atoms with Gasteiger partial charge in [0.05, 0.1) is 18.4 Å². The average Bonchev–Trinajstić information content (AvgIpc) is 2.62. The maximum Gasteiger partial charge on any atom is 0.338 e. The fourth-order valence-electron chi connectivity index (χ4n) is 2.26. The Labute approximate surface area is 152 Å². The second-order valence-electron chi connectivity index (χ2n) is 5.40. The van der Waals surface area contributed by atoms with Gasteiger partial charge >= 0.3 is 5.97 Å². The number of halogens is 4. The van der Waals surface area contributed by atoms with E-state index in [2.05, 4.69) is 5.32 Å². The van der Waals surface area contributed by atoms with Gasteiger partial charge in [0, 0.05) is 11.4 Å². The molecule has 0 aliphatic heterocycles. The Kier molecular flexibility index (Phi) is 6.90. The van der Waals surface area contributed by atoms with Crippen molar-refractivity contribution in [1.82, 2.24) is 0 Å². The number of anilines is 1. The lowest BCUT2D eigenvalue weighted by Gasteiger charge is -2.14. The van der Waals surface area contributed by atoms with E-state index < -0.39 is 23.7 Å². The highest BCUT2D eigenvalue weighted by Gasteiger charge is 2.22. The molecule has 0 aliphatic rings. The first kappa shape index (κ1) is 20.1. The summed E-state index contributed by atoms with van der Waals surface area (Å²) in [6.07, 6.45) is -3.13. The van der Waals surface area contributed by atoms with E-state index in [0.29, 0.717) is 28.5 Å². The number of benzene rings is 2. The quantitative estimate of drug-likeness (QED) is 0.403. The number of hydrogen-bond acceptors (Lipinski definition) is 4. The number of esters is 1. The minimum atomic E-state index is -3.13. The van der Waals surface area contributed by atoms with Crippen molar-refractivity contribution in [2.45, 2.75) is 30.3 Å². The lowest BCUT2D eigenvalue weighted by atomic mass is 10.1. The summed E-state index contributed by atoms with van der Waals surface area (Å²) in [5, 5.41) is 2.81. The highest BCUT2D eigenvalue weighted by molar-refractivity contribution is 7.99. The Hall–Kier alpha value is -2.22. The van der Waals surface area contributed by atoms with Crippen molar-refractivity contribution < 1.29 is 27.1 Å². The molecule has 2 aromatic rings. The normalized spacial score (nSPS) is 12.1. The standard InChI is InChI=1S/C18H17F4NO2S/c1-10-7-13(19)14(8-15(10)26-17(22)16(20)21)23-9-11-5-3-4-6-12(11)18(24)25-2/h3-8,16-17,23H,9H2,1-2H3. The third kappa shape index (κ3) is 4.91. The van der Waals surface area contributed by atoms with Gasteiger partial charge in [-0.15, -0.1) is 0 Å². The number of aryl methyl sites for hydroxylation is 1. The van der Waals surface area contributed by atoms with Crippen molar-refractivity contribution in [3.8, 4) is 0 Å². The van der Waals surface area contributed by atoms with Crippen LogP contribution in [0.3, 0.4) is 0 Å². The van der Waals surface area contributed by atoms with Crippen molar-refractivity contribution in [3.05, 3.63) is 58.9 Å². The summed E-state index contributed by atoms with van der Waals surface area (Å²) in [6.45, 7) is 1.61. The van der Waals surface area contributed by atoms with Crippen LogP contribution in [0.4, 0.5) is 23.2 Å². The summed E-state index contributed by atoms with van der Waals surface area (Å²) in [6, 6.07) is 9.07. The van der Waals surface area contributed by atoms with Crippen LogP contribution >= 0.6 is 11.8 Å². The van der Waals surface area contributed by atoms with Gasteiger partial charge in [0.2, 0.25) is 5.50 Å². The molecule has 2 aromatic carbocycles. The minimum Gasteiger partial charge on any atom is -0.465 e. The van der Waals surface area contributed by atoms with E-state index in [-0.39, 0.29) is 17.1 Å². The van der Waals surface area contributed by atoms with Crippen LogP contribution in [0.15, 0.2) is 41.3 Å². The molecule has 0 aromatic heterocycles. The predicted octanol–water partition coefficient (Wildman–Crippen LogP) is 5.19. The van der Waals surface area contributed by atoms with Gasteiger partial charge in [-0.05, 0) is 36.2 Å². The van der Waals surface area contributed by atoms with Gasteiger partial charge in [-0.3, -0.25) is 0 Å². The molecule has 26 heavy (non-hydrogen) atoms. The maximum atomic E-state index is 14.1. The van der Waals surface area contributed by atoms with Crippen molar-refractivity contribution >= 4 is 23.4 Å². The number of thioether (sulfide) groups is 1. The SMILES string of the molecule is COC(=O)c1ccccc1CNc1cc(SC(F)C(F)F)c(C)cc1F. The first-order valence-electron chi connectivity index (χ1n) is 7.62.